The van der Waals surface area contributed by atoms with Gasteiger partial charge in [-0.05, 0) is 42.5 Å². The first-order valence-corrected chi connectivity index (χ1v) is 10.4. The summed E-state index contributed by atoms with van der Waals surface area (Å²) in [6.07, 6.45) is -0.224. The van der Waals surface area contributed by atoms with Crippen molar-refractivity contribution in [3.8, 4) is 5.75 Å². The Labute approximate surface area is 179 Å². The number of carbonyl (C=O) groups excluding carboxylic acids is 3. The second-order valence-electron chi connectivity index (χ2n) is 6.12. The van der Waals surface area contributed by atoms with E-state index in [-0.39, 0.29) is 34.7 Å². The van der Waals surface area contributed by atoms with Gasteiger partial charge in [-0.2, -0.15) is 0 Å². The van der Waals surface area contributed by atoms with Gasteiger partial charge in [0.25, 0.3) is 0 Å². The van der Waals surface area contributed by atoms with Crippen molar-refractivity contribution in [2.24, 2.45) is 0 Å². The number of nitrogens with one attached hydrogen (secondary N) is 2. The maximum Gasteiger partial charge on any atom is 0.339 e. The smallest absolute Gasteiger partial charge is 0.339 e. The van der Waals surface area contributed by atoms with E-state index in [2.05, 4.69) is 19.5 Å². The van der Waals surface area contributed by atoms with Gasteiger partial charge in [0.2, 0.25) is 15.9 Å². The minimum atomic E-state index is -3.82. The zero-order chi connectivity index (χ0) is 23.0. The lowest BCUT2D eigenvalue weighted by atomic mass is 10.1. The second kappa shape index (κ2) is 10.5. The van der Waals surface area contributed by atoms with E-state index in [1.54, 1.807) is 0 Å². The average molecular weight is 450 g/mol. The molecule has 2 N–H and O–H groups in total. The molecule has 0 aliphatic heterocycles. The summed E-state index contributed by atoms with van der Waals surface area (Å²) in [6.45, 7) is -0.190. The Morgan fingerprint density at radius 3 is 2.13 bits per heavy atom. The molecule has 2 rings (SSSR count). The van der Waals surface area contributed by atoms with Gasteiger partial charge in [-0.1, -0.05) is 0 Å². The third-order valence-corrected chi connectivity index (χ3v) is 5.61. The molecule has 0 bridgehead atoms. The van der Waals surface area contributed by atoms with Gasteiger partial charge < -0.3 is 19.5 Å². The van der Waals surface area contributed by atoms with E-state index < -0.39 is 27.9 Å². The number of ether oxygens (including phenoxy) is 3. The van der Waals surface area contributed by atoms with Crippen molar-refractivity contribution in [1.82, 2.24) is 4.72 Å². The van der Waals surface area contributed by atoms with Crippen LogP contribution in [-0.4, -0.2) is 54.1 Å². The molecule has 0 aliphatic carbocycles. The summed E-state index contributed by atoms with van der Waals surface area (Å²) < 4.78 is 41.2. The fraction of sp³-hybridized carbons (Fsp3) is 0.250. The molecule has 1 amide bonds. The first-order chi connectivity index (χ1) is 14.7. The number of rotatable bonds is 9. The molecule has 31 heavy (non-hydrogen) atoms. The normalized spacial score (nSPS) is 10.8. The summed E-state index contributed by atoms with van der Waals surface area (Å²) in [5, 5.41) is 2.49. The number of sulfonamides is 1. The zero-order valence-corrected chi connectivity index (χ0v) is 17.9. The van der Waals surface area contributed by atoms with Crippen LogP contribution in [0.1, 0.15) is 27.1 Å². The standard InChI is InChI=1S/C20H22N2O8S/c1-28-14-5-7-15(8-6-14)31(26,27)21-11-10-18(23)22-17-12-13(19(24)29-2)4-9-16(17)20(25)30-3/h4-9,12,21H,10-11H2,1-3H3,(H,22,23). The molecule has 0 radical (unpaired) electrons. The lowest BCUT2D eigenvalue weighted by Crippen LogP contribution is -2.28. The first-order valence-electron chi connectivity index (χ1n) is 8.96. The number of amides is 1. The lowest BCUT2D eigenvalue weighted by Gasteiger charge is -2.12. The van der Waals surface area contributed by atoms with Crippen LogP contribution in [0.3, 0.4) is 0 Å². The highest BCUT2D eigenvalue weighted by atomic mass is 32.2. The third kappa shape index (κ3) is 6.27. The van der Waals surface area contributed by atoms with Crippen LogP contribution in [0.25, 0.3) is 0 Å². The number of hydrogen-bond donors (Lipinski definition) is 2. The monoisotopic (exact) mass is 450 g/mol. The van der Waals surface area contributed by atoms with Gasteiger partial charge in [0.1, 0.15) is 5.75 Å². The van der Waals surface area contributed by atoms with Crippen LogP contribution in [-0.2, 0) is 24.3 Å². The van der Waals surface area contributed by atoms with Crippen LogP contribution in [0.4, 0.5) is 5.69 Å². The lowest BCUT2D eigenvalue weighted by molar-refractivity contribution is -0.116. The molecule has 0 saturated carbocycles. The number of benzene rings is 2. The average Bonchev–Trinajstić information content (AvgIpc) is 2.77. The predicted octanol–water partition coefficient (Wildman–Crippen LogP) is 1.58. The molecule has 0 fully saturated rings. The van der Waals surface area contributed by atoms with Crippen molar-refractivity contribution in [2.75, 3.05) is 33.2 Å². The van der Waals surface area contributed by atoms with Crippen LogP contribution >= 0.6 is 0 Å². The van der Waals surface area contributed by atoms with E-state index >= 15 is 0 Å². The molecule has 0 heterocycles. The summed E-state index contributed by atoms with van der Waals surface area (Å²) in [7, 11) is 0.0184. The van der Waals surface area contributed by atoms with Crippen LogP contribution in [0.5, 0.6) is 5.75 Å². The molecule has 0 aliphatic rings. The molecule has 0 unspecified atom stereocenters. The quantitative estimate of drug-likeness (QED) is 0.549. The summed E-state index contributed by atoms with van der Waals surface area (Å²) >= 11 is 0. The van der Waals surface area contributed by atoms with Crippen molar-refractivity contribution >= 4 is 33.6 Å². The SMILES string of the molecule is COC(=O)c1ccc(C(=O)OC)c(NC(=O)CCNS(=O)(=O)c2ccc(OC)cc2)c1. The van der Waals surface area contributed by atoms with E-state index in [0.717, 1.165) is 0 Å². The number of methoxy groups -OCH3 is 3. The Morgan fingerprint density at radius 1 is 0.903 bits per heavy atom. The van der Waals surface area contributed by atoms with Crippen molar-refractivity contribution in [1.29, 1.82) is 0 Å². The van der Waals surface area contributed by atoms with Crippen molar-refractivity contribution in [3.05, 3.63) is 53.6 Å². The topological polar surface area (TPSA) is 137 Å². The van der Waals surface area contributed by atoms with E-state index in [9.17, 15) is 22.8 Å². The maximum atomic E-state index is 12.3. The molecular weight excluding hydrogens is 428 g/mol. The number of hydrogen-bond acceptors (Lipinski definition) is 8. The number of carbonyl (C=O) groups is 3. The van der Waals surface area contributed by atoms with Gasteiger partial charge in [-0.15, -0.1) is 0 Å². The Bertz CT molecular complexity index is 1070. The fourth-order valence-corrected chi connectivity index (χ4v) is 3.56. The summed E-state index contributed by atoms with van der Waals surface area (Å²) in [5.74, 6) is -1.44. The highest BCUT2D eigenvalue weighted by Gasteiger charge is 2.18. The minimum Gasteiger partial charge on any atom is -0.497 e. The second-order valence-corrected chi connectivity index (χ2v) is 7.88. The largest absolute Gasteiger partial charge is 0.497 e. The van der Waals surface area contributed by atoms with Crippen molar-refractivity contribution in [3.63, 3.8) is 0 Å². The molecule has 0 spiro atoms. The van der Waals surface area contributed by atoms with Gasteiger partial charge in [-0.3, -0.25) is 4.79 Å². The van der Waals surface area contributed by atoms with Crippen molar-refractivity contribution in [2.45, 2.75) is 11.3 Å². The first kappa shape index (κ1) is 23.8. The van der Waals surface area contributed by atoms with Crippen LogP contribution in [0.2, 0.25) is 0 Å². The van der Waals surface area contributed by atoms with Crippen LogP contribution in [0, 0.1) is 0 Å². The van der Waals surface area contributed by atoms with E-state index in [0.29, 0.717) is 5.75 Å². The molecule has 0 aromatic heterocycles. The minimum absolute atomic E-state index is 0.0208. The number of anilines is 1. The van der Waals surface area contributed by atoms with Crippen LogP contribution < -0.4 is 14.8 Å². The molecule has 0 atom stereocenters. The summed E-state index contributed by atoms with van der Waals surface area (Å²) in [6, 6.07) is 9.71. The van der Waals surface area contributed by atoms with Gasteiger partial charge >= 0.3 is 11.9 Å². The Hall–Kier alpha value is -3.44. The molecule has 2 aromatic carbocycles. The number of esters is 2. The highest BCUT2D eigenvalue weighted by molar-refractivity contribution is 7.89. The molecule has 11 heteroatoms. The van der Waals surface area contributed by atoms with Gasteiger partial charge in [0, 0.05) is 13.0 Å². The predicted molar refractivity (Wildman–Crippen MR) is 111 cm³/mol. The molecule has 10 nitrogen and oxygen atoms in total. The fourth-order valence-electron chi connectivity index (χ4n) is 2.53. The Balaban J connectivity index is 2.06. The van der Waals surface area contributed by atoms with Gasteiger partial charge in [-0.25, -0.2) is 22.7 Å². The van der Waals surface area contributed by atoms with E-state index in [4.69, 9.17) is 4.74 Å². The summed E-state index contributed by atoms with van der Waals surface area (Å²) in [5.41, 5.74) is 0.186. The molecular formula is C20H22N2O8S. The highest BCUT2D eigenvalue weighted by Crippen LogP contribution is 2.20. The Morgan fingerprint density at radius 2 is 1.55 bits per heavy atom. The molecule has 2 aromatic rings. The zero-order valence-electron chi connectivity index (χ0n) is 17.1. The third-order valence-electron chi connectivity index (χ3n) is 4.13. The van der Waals surface area contributed by atoms with E-state index in [1.165, 1.54) is 63.8 Å². The van der Waals surface area contributed by atoms with Gasteiger partial charge in [0.15, 0.2) is 0 Å². The van der Waals surface area contributed by atoms with Crippen LogP contribution in [0.15, 0.2) is 47.4 Å². The van der Waals surface area contributed by atoms with Crippen molar-refractivity contribution < 1.29 is 37.0 Å². The summed E-state index contributed by atoms with van der Waals surface area (Å²) in [4.78, 5) is 36.0. The molecule has 166 valence electrons. The molecule has 0 saturated heterocycles. The Kier molecular flexibility index (Phi) is 8.11. The van der Waals surface area contributed by atoms with Gasteiger partial charge in [0.05, 0.1) is 43.0 Å². The maximum absolute atomic E-state index is 12.3. The van der Waals surface area contributed by atoms with E-state index in [1.807, 2.05) is 0 Å².